The van der Waals surface area contributed by atoms with Crippen LogP contribution in [0.2, 0.25) is 0 Å². The third-order valence-electron chi connectivity index (χ3n) is 2.24. The molecule has 0 aliphatic rings. The molecular weight excluding hydrogens is 208 g/mol. The van der Waals surface area contributed by atoms with Crippen molar-refractivity contribution in [2.45, 2.75) is 6.92 Å². The number of benzene rings is 1. The van der Waals surface area contributed by atoms with Crippen molar-refractivity contribution in [3.8, 4) is 5.75 Å². The van der Waals surface area contributed by atoms with E-state index in [1.54, 1.807) is 33.2 Å². The lowest BCUT2D eigenvalue weighted by atomic mass is 10.1. The Morgan fingerprint density at radius 3 is 2.50 bits per heavy atom. The molecule has 0 aliphatic carbocycles. The fourth-order valence-corrected chi connectivity index (χ4v) is 1.45. The molecule has 16 heavy (non-hydrogen) atoms. The van der Waals surface area contributed by atoms with Gasteiger partial charge in [-0.3, -0.25) is 9.59 Å². The summed E-state index contributed by atoms with van der Waals surface area (Å²) in [5.74, 6) is -0.0337. The molecule has 0 radical (unpaired) electrons. The van der Waals surface area contributed by atoms with Gasteiger partial charge in [-0.2, -0.15) is 0 Å². The first-order chi connectivity index (χ1) is 7.63. The van der Waals surface area contributed by atoms with Crippen LogP contribution in [0.3, 0.4) is 0 Å². The number of rotatable bonds is 4. The Kier molecular flexibility index (Phi) is 3.88. The Hall–Kier alpha value is -2.04. The first-order valence-electron chi connectivity index (χ1n) is 4.75. The van der Waals surface area contributed by atoms with E-state index in [1.165, 1.54) is 0 Å². The summed E-state index contributed by atoms with van der Waals surface area (Å²) < 4.78 is 5.22. The number of amides is 1. The van der Waals surface area contributed by atoms with E-state index in [0.29, 0.717) is 11.4 Å². The molecule has 0 saturated carbocycles. The topological polar surface area (TPSA) is 67.4 Å². The molecule has 0 aliphatic heterocycles. The smallest absolute Gasteiger partial charge is 0.288 e. The third kappa shape index (κ3) is 2.31. The normalized spacial score (nSPS) is 9.44. The largest absolute Gasteiger partial charge is 0.494 e. The quantitative estimate of drug-likeness (QED) is 0.593. The highest BCUT2D eigenvalue weighted by Gasteiger charge is 2.11. The number of carbonyl (C=O) groups excluding carboxylic acids is 2. The fraction of sp³-hybridized carbons (Fsp3) is 0.273. The lowest BCUT2D eigenvalue weighted by molar-refractivity contribution is -0.127. The maximum atomic E-state index is 11.0. The van der Waals surface area contributed by atoms with Crippen LogP contribution in [0.5, 0.6) is 5.75 Å². The number of anilines is 2. The summed E-state index contributed by atoms with van der Waals surface area (Å²) in [7, 11) is 3.33. The molecule has 5 nitrogen and oxygen atoms in total. The maximum Gasteiger partial charge on any atom is 0.288 e. The maximum absolute atomic E-state index is 11.0. The molecule has 1 rings (SSSR count). The highest BCUT2D eigenvalue weighted by Crippen LogP contribution is 2.33. The number of aldehydes is 1. The zero-order valence-corrected chi connectivity index (χ0v) is 9.46. The van der Waals surface area contributed by atoms with Crippen molar-refractivity contribution >= 4 is 23.6 Å². The van der Waals surface area contributed by atoms with Crippen molar-refractivity contribution in [1.82, 2.24) is 0 Å². The predicted molar refractivity (Wildman–Crippen MR) is 62.0 cm³/mol. The molecular formula is C11H14N2O3. The average molecular weight is 222 g/mol. The molecule has 5 heteroatoms. The average Bonchev–Trinajstić information content (AvgIpc) is 2.31. The van der Waals surface area contributed by atoms with Gasteiger partial charge in [0.15, 0.2) is 0 Å². The summed E-state index contributed by atoms with van der Waals surface area (Å²) >= 11 is 0. The van der Waals surface area contributed by atoms with E-state index in [0.717, 1.165) is 11.3 Å². The highest BCUT2D eigenvalue weighted by atomic mass is 16.5. The Labute approximate surface area is 93.8 Å². The molecule has 0 heterocycles. The van der Waals surface area contributed by atoms with Gasteiger partial charge in [0.2, 0.25) is 6.29 Å². The standard InChI is InChI=1S/C11H14N2O3/c1-7-8(13-10(15)6-14)4-5-9(12-2)11(7)16-3/h4-6,12H,1-3H3,(H,13,15). The van der Waals surface area contributed by atoms with Gasteiger partial charge in [0, 0.05) is 18.3 Å². The number of nitrogens with one attached hydrogen (secondary N) is 2. The van der Waals surface area contributed by atoms with Gasteiger partial charge >= 0.3 is 0 Å². The van der Waals surface area contributed by atoms with Crippen LogP contribution in [-0.2, 0) is 9.59 Å². The molecule has 86 valence electrons. The number of methoxy groups -OCH3 is 1. The Balaban J connectivity index is 3.13. The molecule has 0 unspecified atom stereocenters. The molecule has 0 atom stereocenters. The number of carbonyl (C=O) groups is 2. The summed E-state index contributed by atoms with van der Waals surface area (Å²) in [6.07, 6.45) is 0.234. The van der Waals surface area contributed by atoms with Crippen LogP contribution in [0.4, 0.5) is 11.4 Å². The van der Waals surface area contributed by atoms with Gasteiger partial charge in [-0.05, 0) is 19.1 Å². The van der Waals surface area contributed by atoms with Crippen molar-refractivity contribution in [2.24, 2.45) is 0 Å². The van der Waals surface area contributed by atoms with Crippen LogP contribution in [0, 0.1) is 6.92 Å². The Morgan fingerprint density at radius 2 is 2.00 bits per heavy atom. The second-order valence-electron chi connectivity index (χ2n) is 3.18. The van der Waals surface area contributed by atoms with Gasteiger partial charge in [0.05, 0.1) is 12.8 Å². The second-order valence-corrected chi connectivity index (χ2v) is 3.18. The molecule has 1 amide bonds. The highest BCUT2D eigenvalue weighted by molar-refractivity contribution is 6.29. The Morgan fingerprint density at radius 1 is 1.38 bits per heavy atom. The van der Waals surface area contributed by atoms with E-state index in [4.69, 9.17) is 4.74 Å². The van der Waals surface area contributed by atoms with Crippen LogP contribution in [-0.4, -0.2) is 26.4 Å². The summed E-state index contributed by atoms with van der Waals surface area (Å²) in [6.45, 7) is 1.81. The van der Waals surface area contributed by atoms with E-state index in [-0.39, 0.29) is 6.29 Å². The molecule has 1 aromatic rings. The minimum atomic E-state index is -0.678. The van der Waals surface area contributed by atoms with E-state index in [1.807, 2.05) is 0 Å². The van der Waals surface area contributed by atoms with Crippen LogP contribution in [0.25, 0.3) is 0 Å². The van der Waals surface area contributed by atoms with E-state index in [2.05, 4.69) is 10.6 Å². The number of hydrogen-bond donors (Lipinski definition) is 2. The molecule has 0 bridgehead atoms. The summed E-state index contributed by atoms with van der Waals surface area (Å²) in [4.78, 5) is 21.2. The zero-order valence-electron chi connectivity index (χ0n) is 9.46. The van der Waals surface area contributed by atoms with Gasteiger partial charge in [-0.15, -0.1) is 0 Å². The first kappa shape index (κ1) is 12.0. The summed E-state index contributed by atoms with van der Waals surface area (Å²) in [5.41, 5.74) is 2.15. The SMILES string of the molecule is CNc1ccc(NC(=O)C=O)c(C)c1OC. The van der Waals surface area contributed by atoms with Crippen LogP contribution >= 0.6 is 0 Å². The zero-order chi connectivity index (χ0) is 12.1. The van der Waals surface area contributed by atoms with Crippen molar-refractivity contribution < 1.29 is 14.3 Å². The number of hydrogen-bond acceptors (Lipinski definition) is 4. The number of ether oxygens (including phenoxy) is 1. The predicted octanol–water partition coefficient (Wildman–Crippen LogP) is 1.18. The fourth-order valence-electron chi connectivity index (χ4n) is 1.45. The summed E-state index contributed by atoms with van der Waals surface area (Å²) in [5, 5.41) is 5.45. The third-order valence-corrected chi connectivity index (χ3v) is 2.24. The monoisotopic (exact) mass is 222 g/mol. The second kappa shape index (κ2) is 5.16. The van der Waals surface area contributed by atoms with Gasteiger partial charge < -0.3 is 15.4 Å². The van der Waals surface area contributed by atoms with Gasteiger partial charge in [0.25, 0.3) is 5.91 Å². The molecule has 0 fully saturated rings. The summed E-state index contributed by atoms with van der Waals surface area (Å²) in [6, 6.07) is 3.48. The first-order valence-corrected chi connectivity index (χ1v) is 4.75. The Bertz CT molecular complexity index is 416. The molecule has 0 spiro atoms. The molecule has 0 saturated heterocycles. The van der Waals surface area contributed by atoms with Gasteiger partial charge in [0.1, 0.15) is 5.75 Å². The lowest BCUT2D eigenvalue weighted by Gasteiger charge is -2.14. The minimum Gasteiger partial charge on any atom is -0.494 e. The van der Waals surface area contributed by atoms with Gasteiger partial charge in [-0.1, -0.05) is 0 Å². The van der Waals surface area contributed by atoms with Crippen molar-refractivity contribution in [3.63, 3.8) is 0 Å². The lowest BCUT2D eigenvalue weighted by Crippen LogP contribution is -2.13. The van der Waals surface area contributed by atoms with Gasteiger partial charge in [-0.25, -0.2) is 0 Å². The minimum absolute atomic E-state index is 0.234. The molecule has 2 N–H and O–H groups in total. The molecule has 1 aromatic carbocycles. The van der Waals surface area contributed by atoms with E-state index >= 15 is 0 Å². The van der Waals surface area contributed by atoms with Crippen molar-refractivity contribution in [1.29, 1.82) is 0 Å². The van der Waals surface area contributed by atoms with E-state index in [9.17, 15) is 9.59 Å². The van der Waals surface area contributed by atoms with Crippen molar-refractivity contribution in [3.05, 3.63) is 17.7 Å². The van der Waals surface area contributed by atoms with E-state index < -0.39 is 5.91 Å². The van der Waals surface area contributed by atoms with Crippen LogP contribution < -0.4 is 15.4 Å². The molecule has 0 aromatic heterocycles. The van der Waals surface area contributed by atoms with Crippen LogP contribution in [0.1, 0.15) is 5.56 Å². The van der Waals surface area contributed by atoms with Crippen LogP contribution in [0.15, 0.2) is 12.1 Å². The van der Waals surface area contributed by atoms with Crippen molar-refractivity contribution in [2.75, 3.05) is 24.8 Å².